The Morgan fingerprint density at radius 3 is 2.62 bits per heavy atom. The molecule has 1 saturated heterocycles. The summed E-state index contributed by atoms with van der Waals surface area (Å²) in [6.07, 6.45) is 0. The van der Waals surface area contributed by atoms with E-state index in [1.165, 1.54) is 0 Å². The summed E-state index contributed by atoms with van der Waals surface area (Å²) in [5.41, 5.74) is 0.177. The Kier molecular flexibility index (Phi) is 3.33. The first-order valence-corrected chi connectivity index (χ1v) is 5.08. The van der Waals surface area contributed by atoms with Crippen molar-refractivity contribution in [2.45, 2.75) is 45.3 Å². The van der Waals surface area contributed by atoms with Crippen molar-refractivity contribution >= 4 is 0 Å². The predicted octanol–water partition coefficient (Wildman–Crippen LogP) is 0.439. The van der Waals surface area contributed by atoms with Crippen LogP contribution in [0.15, 0.2) is 0 Å². The third kappa shape index (κ3) is 2.66. The smallest absolute Gasteiger partial charge is 0.0599 e. The molecule has 1 atom stereocenters. The zero-order valence-corrected chi connectivity index (χ0v) is 9.17. The Balaban J connectivity index is 2.63. The quantitative estimate of drug-likeness (QED) is 0.657. The Hall–Kier alpha value is -0.120. The average molecular weight is 186 g/mol. The van der Waals surface area contributed by atoms with Crippen molar-refractivity contribution in [1.82, 2.24) is 10.2 Å². The molecule has 78 valence electrons. The molecule has 1 heterocycles. The Labute approximate surface area is 81.1 Å². The van der Waals surface area contributed by atoms with Crippen molar-refractivity contribution in [2.24, 2.45) is 0 Å². The van der Waals surface area contributed by atoms with Gasteiger partial charge in [0, 0.05) is 30.7 Å². The molecule has 0 bridgehead atoms. The molecule has 3 nitrogen and oxygen atoms in total. The first kappa shape index (κ1) is 11.0. The molecule has 0 aromatic heterocycles. The molecule has 1 rings (SSSR count). The molecular formula is C10H22N2O. The van der Waals surface area contributed by atoms with Crippen LogP contribution >= 0.6 is 0 Å². The highest BCUT2D eigenvalue weighted by molar-refractivity contribution is 4.93. The van der Waals surface area contributed by atoms with Crippen LogP contribution in [0.1, 0.15) is 27.7 Å². The zero-order valence-electron chi connectivity index (χ0n) is 9.17. The maximum atomic E-state index is 9.20. The van der Waals surface area contributed by atoms with Gasteiger partial charge in [-0.1, -0.05) is 0 Å². The molecule has 0 aromatic rings. The molecule has 0 radical (unpaired) electrons. The van der Waals surface area contributed by atoms with Gasteiger partial charge in [-0.05, 0) is 27.7 Å². The van der Waals surface area contributed by atoms with Crippen LogP contribution < -0.4 is 5.32 Å². The maximum Gasteiger partial charge on any atom is 0.0599 e. The number of nitrogens with zero attached hydrogens (tertiary/aromatic N) is 1. The molecule has 1 unspecified atom stereocenters. The van der Waals surface area contributed by atoms with Gasteiger partial charge in [-0.25, -0.2) is 0 Å². The third-order valence-electron chi connectivity index (χ3n) is 2.74. The van der Waals surface area contributed by atoms with Crippen LogP contribution in [-0.2, 0) is 0 Å². The average Bonchev–Trinajstić information content (AvgIpc) is 2.03. The highest BCUT2D eigenvalue weighted by Gasteiger charge is 2.33. The van der Waals surface area contributed by atoms with E-state index in [0.717, 1.165) is 13.1 Å². The topological polar surface area (TPSA) is 35.5 Å². The van der Waals surface area contributed by atoms with Gasteiger partial charge in [-0.15, -0.1) is 0 Å². The van der Waals surface area contributed by atoms with Gasteiger partial charge in [0.1, 0.15) is 0 Å². The van der Waals surface area contributed by atoms with Gasteiger partial charge in [-0.2, -0.15) is 0 Å². The summed E-state index contributed by atoms with van der Waals surface area (Å²) in [7, 11) is 0. The molecule has 1 fully saturated rings. The summed E-state index contributed by atoms with van der Waals surface area (Å²) in [5.74, 6) is 0. The molecule has 1 aliphatic rings. The first-order valence-electron chi connectivity index (χ1n) is 5.08. The van der Waals surface area contributed by atoms with Crippen LogP contribution in [0.25, 0.3) is 0 Å². The minimum Gasteiger partial charge on any atom is -0.395 e. The molecule has 2 N–H and O–H groups in total. The highest BCUT2D eigenvalue weighted by Crippen LogP contribution is 2.17. The molecule has 0 saturated carbocycles. The van der Waals surface area contributed by atoms with Gasteiger partial charge in [0.05, 0.1) is 6.61 Å². The number of rotatable bonds is 2. The number of hydrogen-bond acceptors (Lipinski definition) is 3. The number of piperazine rings is 1. The Bertz CT molecular complexity index is 168. The van der Waals surface area contributed by atoms with Gasteiger partial charge >= 0.3 is 0 Å². The highest BCUT2D eigenvalue weighted by atomic mass is 16.3. The molecule has 0 spiro atoms. The fourth-order valence-electron chi connectivity index (χ4n) is 1.93. The van der Waals surface area contributed by atoms with Gasteiger partial charge in [0.15, 0.2) is 0 Å². The summed E-state index contributed by atoms with van der Waals surface area (Å²) in [6, 6.07) is 0.798. The fraction of sp³-hybridized carbons (Fsp3) is 1.00. The van der Waals surface area contributed by atoms with Crippen LogP contribution in [0.5, 0.6) is 0 Å². The van der Waals surface area contributed by atoms with Gasteiger partial charge in [0.25, 0.3) is 0 Å². The van der Waals surface area contributed by atoms with E-state index in [1.54, 1.807) is 0 Å². The van der Waals surface area contributed by atoms with E-state index in [2.05, 4.69) is 37.9 Å². The SMILES string of the molecule is CC(C)N1CC(C)(C)NCC1CO. The summed E-state index contributed by atoms with van der Waals surface area (Å²) < 4.78 is 0. The number of aliphatic hydroxyl groups is 1. The van der Waals surface area contributed by atoms with Gasteiger partial charge in [0.2, 0.25) is 0 Å². The molecule has 13 heavy (non-hydrogen) atoms. The van der Waals surface area contributed by atoms with E-state index in [1.807, 2.05) is 0 Å². The summed E-state index contributed by atoms with van der Waals surface area (Å²) in [4.78, 5) is 2.37. The molecule has 1 aliphatic heterocycles. The Morgan fingerprint density at radius 2 is 2.15 bits per heavy atom. The van der Waals surface area contributed by atoms with E-state index in [0.29, 0.717) is 6.04 Å². The van der Waals surface area contributed by atoms with Crippen molar-refractivity contribution in [2.75, 3.05) is 19.7 Å². The Morgan fingerprint density at radius 1 is 1.54 bits per heavy atom. The molecule has 3 heteroatoms. The lowest BCUT2D eigenvalue weighted by Gasteiger charge is -2.46. The van der Waals surface area contributed by atoms with E-state index in [-0.39, 0.29) is 18.2 Å². The van der Waals surface area contributed by atoms with Crippen LogP contribution in [-0.4, -0.2) is 47.3 Å². The summed E-state index contributed by atoms with van der Waals surface area (Å²) in [6.45, 7) is 10.9. The lowest BCUT2D eigenvalue weighted by molar-refractivity contribution is 0.0347. The van der Waals surface area contributed by atoms with Crippen LogP contribution in [0, 0.1) is 0 Å². The largest absolute Gasteiger partial charge is 0.395 e. The number of nitrogens with one attached hydrogen (secondary N) is 1. The lowest BCUT2D eigenvalue weighted by Crippen LogP contribution is -2.64. The van der Waals surface area contributed by atoms with Crippen LogP contribution in [0.3, 0.4) is 0 Å². The van der Waals surface area contributed by atoms with Crippen molar-refractivity contribution in [1.29, 1.82) is 0 Å². The molecule has 0 amide bonds. The van der Waals surface area contributed by atoms with Gasteiger partial charge < -0.3 is 10.4 Å². The predicted molar refractivity (Wildman–Crippen MR) is 54.8 cm³/mol. The van der Waals surface area contributed by atoms with Crippen molar-refractivity contribution in [3.8, 4) is 0 Å². The van der Waals surface area contributed by atoms with Crippen LogP contribution in [0.4, 0.5) is 0 Å². The van der Waals surface area contributed by atoms with E-state index >= 15 is 0 Å². The van der Waals surface area contributed by atoms with E-state index in [4.69, 9.17) is 0 Å². The summed E-state index contributed by atoms with van der Waals surface area (Å²) >= 11 is 0. The van der Waals surface area contributed by atoms with Crippen molar-refractivity contribution < 1.29 is 5.11 Å². The number of aliphatic hydroxyl groups excluding tert-OH is 1. The molecule has 0 aromatic carbocycles. The fourth-order valence-corrected chi connectivity index (χ4v) is 1.93. The number of hydrogen-bond donors (Lipinski definition) is 2. The second-order valence-electron chi connectivity index (χ2n) is 4.87. The molecule has 0 aliphatic carbocycles. The zero-order chi connectivity index (χ0) is 10.1. The standard InChI is InChI=1S/C10H22N2O/c1-8(2)12-7-10(3,4)11-5-9(12)6-13/h8-9,11,13H,5-7H2,1-4H3. The molecular weight excluding hydrogens is 164 g/mol. The van der Waals surface area contributed by atoms with Crippen molar-refractivity contribution in [3.05, 3.63) is 0 Å². The normalized spacial score (nSPS) is 29.5. The second kappa shape index (κ2) is 3.95. The first-order chi connectivity index (χ1) is 5.96. The van der Waals surface area contributed by atoms with Crippen LogP contribution in [0.2, 0.25) is 0 Å². The van der Waals surface area contributed by atoms with E-state index in [9.17, 15) is 5.11 Å². The minimum absolute atomic E-state index is 0.177. The van der Waals surface area contributed by atoms with Crippen molar-refractivity contribution in [3.63, 3.8) is 0 Å². The minimum atomic E-state index is 0.177. The summed E-state index contributed by atoms with van der Waals surface area (Å²) in [5, 5.41) is 12.6. The van der Waals surface area contributed by atoms with Gasteiger partial charge in [-0.3, -0.25) is 4.90 Å². The maximum absolute atomic E-state index is 9.20. The lowest BCUT2D eigenvalue weighted by atomic mass is 9.97. The monoisotopic (exact) mass is 186 g/mol. The second-order valence-corrected chi connectivity index (χ2v) is 4.87. The third-order valence-corrected chi connectivity index (χ3v) is 2.74. The van der Waals surface area contributed by atoms with E-state index < -0.39 is 0 Å².